The summed E-state index contributed by atoms with van der Waals surface area (Å²) < 4.78 is 36.9. The van der Waals surface area contributed by atoms with E-state index in [1.807, 2.05) is 0 Å². The highest BCUT2D eigenvalue weighted by Gasteiger charge is 2.31. The molecule has 0 bridgehead atoms. The van der Waals surface area contributed by atoms with Gasteiger partial charge in [-0.25, -0.2) is 9.52 Å². The molecule has 0 fully saturated rings. The molecule has 0 aromatic heterocycles. The quantitative estimate of drug-likeness (QED) is 0.703. The Hall–Kier alpha value is -1.35. The zero-order valence-electron chi connectivity index (χ0n) is 13.2. The van der Waals surface area contributed by atoms with Crippen molar-refractivity contribution in [2.75, 3.05) is 7.11 Å². The minimum atomic E-state index is -4.24. The Morgan fingerprint density at radius 3 is 2.14 bits per heavy atom. The Labute approximate surface area is 125 Å². The number of esters is 1. The van der Waals surface area contributed by atoms with Crippen molar-refractivity contribution in [1.82, 2.24) is 9.44 Å². The molecule has 0 aliphatic rings. The molecule has 0 saturated heterocycles. The smallest absolute Gasteiger partial charge is 0.422 e. The van der Waals surface area contributed by atoms with E-state index in [-0.39, 0.29) is 5.92 Å². The summed E-state index contributed by atoms with van der Waals surface area (Å²) in [6.07, 6.45) is -0.572. The average Bonchev–Trinajstić information content (AvgIpc) is 2.30. The highest BCUT2D eigenvalue weighted by molar-refractivity contribution is 7.88. The Bertz CT molecular complexity index is 469. The SMILES string of the molecule is CC[C@H](C)[C@H](NS(=O)(=O)NC(=O)OC(C)(C)C)C(=O)OC. The van der Waals surface area contributed by atoms with Crippen LogP contribution < -0.4 is 9.44 Å². The molecule has 8 nitrogen and oxygen atoms in total. The first-order valence-corrected chi connectivity index (χ1v) is 8.01. The number of hydrogen-bond donors (Lipinski definition) is 2. The Morgan fingerprint density at radius 1 is 1.24 bits per heavy atom. The third-order valence-electron chi connectivity index (χ3n) is 2.57. The van der Waals surface area contributed by atoms with Crippen LogP contribution >= 0.6 is 0 Å². The molecule has 2 N–H and O–H groups in total. The van der Waals surface area contributed by atoms with Crippen molar-refractivity contribution in [3.8, 4) is 0 Å². The molecule has 0 heterocycles. The maximum absolute atomic E-state index is 11.8. The van der Waals surface area contributed by atoms with Crippen LogP contribution in [0, 0.1) is 5.92 Å². The van der Waals surface area contributed by atoms with Crippen molar-refractivity contribution < 1.29 is 27.5 Å². The van der Waals surface area contributed by atoms with Crippen molar-refractivity contribution >= 4 is 22.3 Å². The number of ether oxygens (including phenoxy) is 2. The largest absolute Gasteiger partial charge is 0.468 e. The summed E-state index contributed by atoms with van der Waals surface area (Å²) in [7, 11) is -3.08. The molecule has 0 radical (unpaired) electrons. The Morgan fingerprint density at radius 2 is 1.76 bits per heavy atom. The van der Waals surface area contributed by atoms with E-state index in [9.17, 15) is 18.0 Å². The van der Waals surface area contributed by atoms with Crippen LogP contribution in [-0.4, -0.2) is 39.2 Å². The van der Waals surface area contributed by atoms with Crippen molar-refractivity contribution in [3.05, 3.63) is 0 Å². The third kappa shape index (κ3) is 7.86. The highest BCUT2D eigenvalue weighted by Crippen LogP contribution is 2.11. The summed E-state index contributed by atoms with van der Waals surface area (Å²) in [5.41, 5.74) is -0.835. The fraction of sp³-hybridized carbons (Fsp3) is 0.833. The van der Waals surface area contributed by atoms with Gasteiger partial charge in [-0.05, 0) is 26.7 Å². The fourth-order valence-electron chi connectivity index (χ4n) is 1.36. The van der Waals surface area contributed by atoms with E-state index in [0.29, 0.717) is 6.42 Å². The van der Waals surface area contributed by atoms with Gasteiger partial charge in [-0.15, -0.1) is 0 Å². The van der Waals surface area contributed by atoms with E-state index in [1.165, 1.54) is 0 Å². The highest BCUT2D eigenvalue weighted by atomic mass is 32.2. The van der Waals surface area contributed by atoms with E-state index >= 15 is 0 Å². The molecule has 0 saturated carbocycles. The lowest BCUT2D eigenvalue weighted by Crippen LogP contribution is -2.51. The minimum absolute atomic E-state index is 0.298. The lowest BCUT2D eigenvalue weighted by Gasteiger charge is -2.23. The molecule has 0 aliphatic carbocycles. The van der Waals surface area contributed by atoms with Gasteiger partial charge in [0.2, 0.25) is 0 Å². The lowest BCUT2D eigenvalue weighted by molar-refractivity contribution is -0.143. The van der Waals surface area contributed by atoms with Crippen LogP contribution in [0.15, 0.2) is 0 Å². The predicted octanol–water partition coefficient (Wildman–Crippen LogP) is 0.933. The number of rotatable bonds is 6. The summed E-state index contributed by atoms with van der Waals surface area (Å²) >= 11 is 0. The second kappa shape index (κ2) is 7.60. The number of nitrogens with one attached hydrogen (secondary N) is 2. The molecule has 2 atom stereocenters. The van der Waals surface area contributed by atoms with Crippen LogP contribution in [0.3, 0.4) is 0 Å². The van der Waals surface area contributed by atoms with Gasteiger partial charge in [0.05, 0.1) is 7.11 Å². The van der Waals surface area contributed by atoms with Gasteiger partial charge in [-0.2, -0.15) is 13.1 Å². The first-order valence-electron chi connectivity index (χ1n) is 6.52. The van der Waals surface area contributed by atoms with Gasteiger partial charge in [-0.3, -0.25) is 4.79 Å². The zero-order chi connectivity index (χ0) is 16.8. The van der Waals surface area contributed by atoms with E-state index < -0.39 is 33.9 Å². The number of amides is 1. The van der Waals surface area contributed by atoms with E-state index in [2.05, 4.69) is 9.46 Å². The van der Waals surface area contributed by atoms with Crippen molar-refractivity contribution in [2.24, 2.45) is 5.92 Å². The van der Waals surface area contributed by atoms with Crippen LogP contribution in [0.5, 0.6) is 0 Å². The molecule has 9 heteroatoms. The summed E-state index contributed by atoms with van der Waals surface area (Å²) in [5.74, 6) is -1.02. The molecule has 0 aromatic rings. The van der Waals surface area contributed by atoms with Gasteiger partial charge >= 0.3 is 22.3 Å². The molecule has 0 aromatic carbocycles. The molecule has 1 amide bonds. The number of hydrogen-bond acceptors (Lipinski definition) is 6. The lowest BCUT2D eigenvalue weighted by atomic mass is 10.0. The van der Waals surface area contributed by atoms with Crippen molar-refractivity contribution in [2.45, 2.75) is 52.7 Å². The van der Waals surface area contributed by atoms with Crippen molar-refractivity contribution in [3.63, 3.8) is 0 Å². The van der Waals surface area contributed by atoms with Gasteiger partial charge in [0.25, 0.3) is 0 Å². The van der Waals surface area contributed by atoms with Crippen LogP contribution in [-0.2, 0) is 24.5 Å². The topological polar surface area (TPSA) is 111 Å². The van der Waals surface area contributed by atoms with Crippen molar-refractivity contribution in [1.29, 1.82) is 0 Å². The predicted molar refractivity (Wildman–Crippen MR) is 76.7 cm³/mol. The van der Waals surface area contributed by atoms with Gasteiger partial charge in [-0.1, -0.05) is 20.3 Å². The number of methoxy groups -OCH3 is 1. The third-order valence-corrected chi connectivity index (χ3v) is 3.57. The van der Waals surface area contributed by atoms with E-state index in [4.69, 9.17) is 4.74 Å². The summed E-state index contributed by atoms with van der Waals surface area (Å²) in [6.45, 7) is 8.29. The average molecular weight is 324 g/mol. The van der Waals surface area contributed by atoms with Gasteiger partial charge in [0.15, 0.2) is 0 Å². The maximum Gasteiger partial charge on any atom is 0.422 e. The van der Waals surface area contributed by atoms with E-state index in [0.717, 1.165) is 7.11 Å². The van der Waals surface area contributed by atoms with Crippen LogP contribution in [0.1, 0.15) is 41.0 Å². The molecule has 0 spiro atoms. The fourth-order valence-corrected chi connectivity index (χ4v) is 2.35. The molecule has 124 valence electrons. The van der Waals surface area contributed by atoms with Crippen LogP contribution in [0.25, 0.3) is 0 Å². The first kappa shape index (κ1) is 19.7. The zero-order valence-corrected chi connectivity index (χ0v) is 14.0. The Balaban J connectivity index is 4.91. The molecular formula is C12H24N2O6S. The monoisotopic (exact) mass is 324 g/mol. The normalized spacial score (nSPS) is 15.0. The number of carbonyl (C=O) groups excluding carboxylic acids is 2. The standard InChI is InChI=1S/C12H24N2O6S/c1-7-8(2)9(10(15)19-6)13-21(17,18)14-11(16)20-12(3,4)5/h8-9,13H,7H2,1-6H3,(H,14,16)/t8-,9-/m0/s1. The Kier molecular flexibility index (Phi) is 7.11. The summed E-state index contributed by atoms with van der Waals surface area (Å²) in [5, 5.41) is 0. The van der Waals surface area contributed by atoms with Gasteiger partial charge in [0, 0.05) is 0 Å². The first-order chi connectivity index (χ1) is 9.41. The minimum Gasteiger partial charge on any atom is -0.468 e. The second-order valence-corrected chi connectivity index (χ2v) is 7.06. The molecule has 0 aliphatic heterocycles. The van der Waals surface area contributed by atoms with Gasteiger partial charge < -0.3 is 9.47 Å². The van der Waals surface area contributed by atoms with Crippen LogP contribution in [0.2, 0.25) is 0 Å². The molecule has 0 rings (SSSR count). The summed E-state index contributed by atoms with van der Waals surface area (Å²) in [4.78, 5) is 23.1. The molecule has 0 unspecified atom stereocenters. The van der Waals surface area contributed by atoms with Crippen LogP contribution in [0.4, 0.5) is 4.79 Å². The molecule has 21 heavy (non-hydrogen) atoms. The number of carbonyl (C=O) groups is 2. The van der Waals surface area contributed by atoms with Gasteiger partial charge in [0.1, 0.15) is 11.6 Å². The van der Waals surface area contributed by atoms with E-state index in [1.54, 1.807) is 39.3 Å². The maximum atomic E-state index is 11.8. The summed E-state index contributed by atoms with van der Waals surface area (Å²) in [6, 6.07) is -1.08. The molecular weight excluding hydrogens is 300 g/mol. The second-order valence-electron chi connectivity index (χ2n) is 5.61.